The molecule has 0 aliphatic rings. The van der Waals surface area contributed by atoms with E-state index in [4.69, 9.17) is 9.47 Å². The fourth-order valence-electron chi connectivity index (χ4n) is 3.13. The maximum Gasteiger partial charge on any atom is 0.248 e. The molecule has 170 valence electrons. The Kier molecular flexibility index (Phi) is 7.95. The number of nitrogens with one attached hydrogen (secondary N) is 1. The Morgan fingerprint density at radius 2 is 2.09 bits per heavy atom. The molecule has 0 spiro atoms. The monoisotopic (exact) mass is 448 g/mol. The Morgan fingerprint density at radius 3 is 2.79 bits per heavy atom. The van der Waals surface area contributed by atoms with Crippen molar-refractivity contribution in [3.8, 4) is 17.6 Å². The molecule has 0 fully saturated rings. The van der Waals surface area contributed by atoms with Gasteiger partial charge in [0.15, 0.2) is 0 Å². The number of likely N-dealkylation sites (N-methyl/N-ethyl adjacent to an activating group) is 1. The van der Waals surface area contributed by atoms with Crippen molar-refractivity contribution in [2.75, 3.05) is 32.6 Å². The summed E-state index contributed by atoms with van der Waals surface area (Å²) >= 11 is 0. The average molecular weight is 448 g/mol. The molecule has 0 aliphatic heterocycles. The normalized spacial score (nSPS) is 11.0. The summed E-state index contributed by atoms with van der Waals surface area (Å²) in [5.41, 5.74) is 1.81. The topological polar surface area (TPSA) is 87.5 Å². The van der Waals surface area contributed by atoms with E-state index in [9.17, 15) is 14.4 Å². The fraction of sp³-hybridized carbons (Fsp3) is 0.240. The third kappa shape index (κ3) is 6.28. The molecule has 8 heteroatoms. The highest BCUT2D eigenvalue weighted by atomic mass is 19.1. The van der Waals surface area contributed by atoms with Crippen LogP contribution in [0.2, 0.25) is 0 Å². The summed E-state index contributed by atoms with van der Waals surface area (Å²) in [5.74, 6) is 0.0646. The SMILES string of the molecule is CCOc1cc2ncc(C#N)c(OCc3cccc(F)c3)c2cc1NC(=O)/C=C/CN(C)C. The molecule has 0 saturated carbocycles. The summed E-state index contributed by atoms with van der Waals surface area (Å²) in [6, 6.07) is 11.5. The van der Waals surface area contributed by atoms with Crippen LogP contribution in [0.5, 0.6) is 11.5 Å². The van der Waals surface area contributed by atoms with Crippen molar-refractivity contribution < 1.29 is 18.7 Å². The van der Waals surface area contributed by atoms with E-state index in [0.717, 1.165) is 0 Å². The van der Waals surface area contributed by atoms with Crippen molar-refractivity contribution in [2.24, 2.45) is 0 Å². The van der Waals surface area contributed by atoms with E-state index in [1.807, 2.05) is 25.9 Å². The quantitative estimate of drug-likeness (QED) is 0.492. The van der Waals surface area contributed by atoms with Gasteiger partial charge in [-0.3, -0.25) is 9.78 Å². The minimum absolute atomic E-state index is 0.0632. The van der Waals surface area contributed by atoms with Crippen LogP contribution in [0.4, 0.5) is 10.1 Å². The molecule has 1 aromatic heterocycles. The second-order valence-electron chi connectivity index (χ2n) is 7.48. The predicted molar refractivity (Wildman–Crippen MR) is 125 cm³/mol. The second-order valence-corrected chi connectivity index (χ2v) is 7.48. The Labute approximate surface area is 192 Å². The van der Waals surface area contributed by atoms with Crippen molar-refractivity contribution in [3.63, 3.8) is 0 Å². The van der Waals surface area contributed by atoms with Gasteiger partial charge in [-0.2, -0.15) is 5.26 Å². The molecular formula is C25H25FN4O3. The molecule has 0 bridgehead atoms. The molecule has 1 heterocycles. The van der Waals surface area contributed by atoms with Gasteiger partial charge >= 0.3 is 0 Å². The molecule has 1 amide bonds. The Balaban J connectivity index is 1.99. The van der Waals surface area contributed by atoms with E-state index >= 15 is 0 Å². The number of hydrogen-bond donors (Lipinski definition) is 1. The Bertz CT molecular complexity index is 1220. The van der Waals surface area contributed by atoms with Crippen LogP contribution < -0.4 is 14.8 Å². The van der Waals surface area contributed by atoms with Gasteiger partial charge in [-0.1, -0.05) is 18.2 Å². The van der Waals surface area contributed by atoms with Crippen LogP contribution in [0, 0.1) is 17.1 Å². The molecule has 0 atom stereocenters. The number of rotatable bonds is 9. The standard InChI is InChI=1S/C25H25FN4O3/c1-4-32-23-13-21-20(12-22(23)29-24(31)9-6-10-30(2)3)25(18(14-27)15-28-21)33-16-17-7-5-8-19(26)11-17/h5-9,11-13,15H,4,10,16H2,1-3H3,(H,29,31)/b9-6+. The number of nitriles is 1. The number of carbonyl (C=O) groups excluding carboxylic acids is 1. The summed E-state index contributed by atoms with van der Waals surface area (Å²) in [7, 11) is 3.81. The zero-order valence-corrected chi connectivity index (χ0v) is 18.8. The lowest BCUT2D eigenvalue weighted by atomic mass is 10.1. The third-order valence-electron chi connectivity index (χ3n) is 4.61. The minimum atomic E-state index is -0.370. The van der Waals surface area contributed by atoms with Gasteiger partial charge in [0, 0.05) is 30.3 Å². The highest BCUT2D eigenvalue weighted by Crippen LogP contribution is 2.36. The average Bonchev–Trinajstić information content (AvgIpc) is 2.77. The van der Waals surface area contributed by atoms with Crippen LogP contribution in [0.15, 0.2) is 54.7 Å². The van der Waals surface area contributed by atoms with Crippen LogP contribution >= 0.6 is 0 Å². The number of benzene rings is 2. The molecule has 2 aromatic carbocycles. The molecule has 0 unspecified atom stereocenters. The molecular weight excluding hydrogens is 423 g/mol. The molecule has 1 N–H and O–H groups in total. The van der Waals surface area contributed by atoms with Crippen molar-refractivity contribution in [1.29, 1.82) is 5.26 Å². The summed E-state index contributed by atoms with van der Waals surface area (Å²) in [4.78, 5) is 18.7. The lowest BCUT2D eigenvalue weighted by molar-refractivity contribution is -0.111. The summed E-state index contributed by atoms with van der Waals surface area (Å²) in [6.45, 7) is 2.92. The first-order chi connectivity index (χ1) is 15.9. The summed E-state index contributed by atoms with van der Waals surface area (Å²) in [5, 5.41) is 12.9. The number of aromatic nitrogens is 1. The first-order valence-corrected chi connectivity index (χ1v) is 10.4. The fourth-order valence-corrected chi connectivity index (χ4v) is 3.13. The first-order valence-electron chi connectivity index (χ1n) is 10.4. The molecule has 3 aromatic rings. The van der Waals surface area contributed by atoms with E-state index in [1.54, 1.807) is 30.3 Å². The van der Waals surface area contributed by atoms with E-state index < -0.39 is 0 Å². The van der Waals surface area contributed by atoms with E-state index in [1.165, 1.54) is 24.4 Å². The van der Waals surface area contributed by atoms with Gasteiger partial charge in [0.1, 0.15) is 35.6 Å². The van der Waals surface area contributed by atoms with Crippen molar-refractivity contribution in [2.45, 2.75) is 13.5 Å². The van der Waals surface area contributed by atoms with Crippen LogP contribution in [0.25, 0.3) is 10.9 Å². The number of amides is 1. The zero-order valence-electron chi connectivity index (χ0n) is 18.8. The molecule has 0 saturated heterocycles. The van der Waals surface area contributed by atoms with Crippen LogP contribution in [-0.2, 0) is 11.4 Å². The number of carbonyl (C=O) groups is 1. The number of nitrogens with zero attached hydrogens (tertiary/aromatic N) is 3. The first kappa shape index (κ1) is 23.7. The molecule has 33 heavy (non-hydrogen) atoms. The highest BCUT2D eigenvalue weighted by Gasteiger charge is 2.16. The van der Waals surface area contributed by atoms with Gasteiger partial charge in [-0.25, -0.2) is 4.39 Å². The largest absolute Gasteiger partial charge is 0.492 e. The van der Waals surface area contributed by atoms with E-state index in [-0.39, 0.29) is 23.9 Å². The van der Waals surface area contributed by atoms with E-state index in [0.29, 0.717) is 46.8 Å². The maximum atomic E-state index is 13.5. The van der Waals surface area contributed by atoms with Crippen molar-refractivity contribution in [3.05, 3.63) is 71.7 Å². The third-order valence-corrected chi connectivity index (χ3v) is 4.61. The number of pyridine rings is 1. The van der Waals surface area contributed by atoms with Crippen LogP contribution in [0.3, 0.4) is 0 Å². The van der Waals surface area contributed by atoms with Crippen LogP contribution in [-0.4, -0.2) is 43.0 Å². The van der Waals surface area contributed by atoms with Gasteiger partial charge in [-0.05, 0) is 44.8 Å². The minimum Gasteiger partial charge on any atom is -0.492 e. The molecule has 3 rings (SSSR count). The van der Waals surface area contributed by atoms with Gasteiger partial charge in [-0.15, -0.1) is 0 Å². The Hall–Kier alpha value is -3.96. The zero-order chi connectivity index (χ0) is 23.8. The Morgan fingerprint density at radius 1 is 1.27 bits per heavy atom. The lowest BCUT2D eigenvalue weighted by Crippen LogP contribution is -2.13. The van der Waals surface area contributed by atoms with Gasteiger partial charge in [0.2, 0.25) is 5.91 Å². The number of halogens is 1. The van der Waals surface area contributed by atoms with Crippen molar-refractivity contribution >= 4 is 22.5 Å². The highest BCUT2D eigenvalue weighted by molar-refractivity contribution is 6.03. The van der Waals surface area contributed by atoms with Gasteiger partial charge in [0.05, 0.1) is 17.8 Å². The number of fused-ring (bicyclic) bond motifs is 1. The van der Waals surface area contributed by atoms with Gasteiger partial charge < -0.3 is 19.7 Å². The van der Waals surface area contributed by atoms with E-state index in [2.05, 4.69) is 16.4 Å². The lowest BCUT2D eigenvalue weighted by Gasteiger charge is -2.15. The smallest absolute Gasteiger partial charge is 0.248 e. The van der Waals surface area contributed by atoms with Crippen molar-refractivity contribution in [1.82, 2.24) is 9.88 Å². The molecule has 0 aliphatic carbocycles. The summed E-state index contributed by atoms with van der Waals surface area (Å²) < 4.78 is 25.2. The predicted octanol–water partition coefficient (Wildman–Crippen LogP) is 4.28. The summed E-state index contributed by atoms with van der Waals surface area (Å²) in [6.07, 6.45) is 4.62. The van der Waals surface area contributed by atoms with Crippen LogP contribution in [0.1, 0.15) is 18.1 Å². The molecule has 7 nitrogen and oxygen atoms in total. The second kappa shape index (κ2) is 11.1. The molecule has 0 radical (unpaired) electrons. The number of anilines is 1. The number of ether oxygens (including phenoxy) is 2. The maximum absolute atomic E-state index is 13.5. The number of hydrogen-bond acceptors (Lipinski definition) is 6. The van der Waals surface area contributed by atoms with Gasteiger partial charge in [0.25, 0.3) is 0 Å².